The zero-order valence-corrected chi connectivity index (χ0v) is 18.0. The summed E-state index contributed by atoms with van der Waals surface area (Å²) in [5.41, 5.74) is 3.27. The van der Waals surface area contributed by atoms with E-state index in [-0.39, 0.29) is 0 Å². The van der Waals surface area contributed by atoms with Gasteiger partial charge in [0.05, 0.1) is 25.6 Å². The van der Waals surface area contributed by atoms with E-state index < -0.39 is 0 Å². The van der Waals surface area contributed by atoms with Gasteiger partial charge in [0.25, 0.3) is 0 Å². The Balaban J connectivity index is 1.69. The molecule has 0 saturated carbocycles. The van der Waals surface area contributed by atoms with Gasteiger partial charge < -0.3 is 24.6 Å². The highest BCUT2D eigenvalue weighted by molar-refractivity contribution is 5.82. The Kier molecular flexibility index (Phi) is 6.13. The van der Waals surface area contributed by atoms with E-state index in [9.17, 15) is 4.79 Å². The number of para-hydroxylation sites is 3. The highest BCUT2D eigenvalue weighted by Gasteiger charge is 2.38. The molecule has 1 fully saturated rings. The van der Waals surface area contributed by atoms with Crippen molar-refractivity contribution in [1.82, 2.24) is 5.32 Å². The largest absolute Gasteiger partial charge is 0.495 e. The van der Waals surface area contributed by atoms with Crippen LogP contribution in [0.15, 0.2) is 42.5 Å². The molecule has 2 aliphatic rings. The van der Waals surface area contributed by atoms with Gasteiger partial charge in [-0.1, -0.05) is 31.2 Å². The van der Waals surface area contributed by atoms with Crippen LogP contribution in [0.25, 0.3) is 0 Å². The standard InChI is InChI=1S/C24H31N3O3/c1-17(18-11-13-26(16-28)24-19(18)7-6-10-23(24)30-3)21-15-25-12-14-27(21)20-8-4-5-9-22(20)29-2/h4-10,16-18,21,25H,11-15H2,1-3H3. The first-order valence-corrected chi connectivity index (χ1v) is 10.7. The van der Waals surface area contributed by atoms with Crippen LogP contribution in [-0.4, -0.2) is 52.9 Å². The molecule has 6 nitrogen and oxygen atoms in total. The molecule has 2 aliphatic heterocycles. The van der Waals surface area contributed by atoms with Gasteiger partial charge in [-0.2, -0.15) is 0 Å². The third kappa shape index (κ3) is 3.60. The summed E-state index contributed by atoms with van der Waals surface area (Å²) in [6.07, 6.45) is 1.86. The number of hydrogen-bond donors (Lipinski definition) is 1. The summed E-state index contributed by atoms with van der Waals surface area (Å²) in [6.45, 7) is 5.86. The monoisotopic (exact) mass is 409 g/mol. The van der Waals surface area contributed by atoms with Gasteiger partial charge in [-0.15, -0.1) is 0 Å². The second-order valence-corrected chi connectivity index (χ2v) is 8.09. The summed E-state index contributed by atoms with van der Waals surface area (Å²) < 4.78 is 11.3. The molecule has 0 spiro atoms. The molecule has 2 heterocycles. The molecule has 30 heavy (non-hydrogen) atoms. The van der Waals surface area contributed by atoms with Gasteiger partial charge in [0.2, 0.25) is 6.41 Å². The number of piperazine rings is 1. The van der Waals surface area contributed by atoms with Gasteiger partial charge in [0, 0.05) is 32.2 Å². The number of carbonyl (C=O) groups excluding carboxylic acids is 1. The van der Waals surface area contributed by atoms with E-state index in [1.807, 2.05) is 24.3 Å². The zero-order valence-electron chi connectivity index (χ0n) is 18.0. The third-order valence-corrected chi connectivity index (χ3v) is 6.66. The number of anilines is 2. The van der Waals surface area contributed by atoms with Crippen molar-refractivity contribution in [1.29, 1.82) is 0 Å². The molecule has 6 heteroatoms. The van der Waals surface area contributed by atoms with Crippen LogP contribution in [0.5, 0.6) is 11.5 Å². The average molecular weight is 410 g/mol. The molecule has 1 N–H and O–H groups in total. The predicted octanol–water partition coefficient (Wildman–Crippen LogP) is 3.27. The number of carbonyl (C=O) groups is 1. The molecule has 2 aromatic rings. The molecule has 1 saturated heterocycles. The Morgan fingerprint density at radius 2 is 1.83 bits per heavy atom. The van der Waals surface area contributed by atoms with E-state index in [1.54, 1.807) is 19.1 Å². The molecule has 160 valence electrons. The number of rotatable bonds is 6. The highest BCUT2D eigenvalue weighted by atomic mass is 16.5. The van der Waals surface area contributed by atoms with E-state index in [4.69, 9.17) is 9.47 Å². The summed E-state index contributed by atoms with van der Waals surface area (Å²) in [6, 6.07) is 14.7. The van der Waals surface area contributed by atoms with E-state index >= 15 is 0 Å². The number of methoxy groups -OCH3 is 2. The van der Waals surface area contributed by atoms with Gasteiger partial charge >= 0.3 is 0 Å². The van der Waals surface area contributed by atoms with Crippen molar-refractivity contribution in [2.75, 3.05) is 50.2 Å². The van der Waals surface area contributed by atoms with Crippen LogP contribution < -0.4 is 24.6 Å². The first-order chi connectivity index (χ1) is 14.7. The number of nitrogens with one attached hydrogen (secondary N) is 1. The summed E-state index contributed by atoms with van der Waals surface area (Å²) in [7, 11) is 3.40. The van der Waals surface area contributed by atoms with Gasteiger partial charge in [-0.05, 0) is 42.0 Å². The first-order valence-electron chi connectivity index (χ1n) is 10.7. The Morgan fingerprint density at radius 1 is 1.07 bits per heavy atom. The maximum atomic E-state index is 11.7. The lowest BCUT2D eigenvalue weighted by Crippen LogP contribution is -2.55. The van der Waals surface area contributed by atoms with Crippen molar-refractivity contribution in [2.45, 2.75) is 25.3 Å². The molecule has 0 bridgehead atoms. The van der Waals surface area contributed by atoms with Gasteiger partial charge in [-0.3, -0.25) is 4.79 Å². The predicted molar refractivity (Wildman–Crippen MR) is 120 cm³/mol. The van der Waals surface area contributed by atoms with Crippen molar-refractivity contribution in [3.8, 4) is 11.5 Å². The smallest absolute Gasteiger partial charge is 0.214 e. The van der Waals surface area contributed by atoms with Crippen molar-refractivity contribution < 1.29 is 14.3 Å². The summed E-state index contributed by atoms with van der Waals surface area (Å²) in [4.78, 5) is 16.0. The fraction of sp³-hybridized carbons (Fsp3) is 0.458. The summed E-state index contributed by atoms with van der Waals surface area (Å²) in [5, 5.41) is 3.58. The minimum Gasteiger partial charge on any atom is -0.495 e. The number of amides is 1. The SMILES string of the molecule is COc1ccccc1N1CCNCC1C(C)C1CCN(C=O)c2c(OC)cccc21. The topological polar surface area (TPSA) is 54.0 Å². The minimum atomic E-state index is 0.321. The van der Waals surface area contributed by atoms with Crippen molar-refractivity contribution in [3.05, 3.63) is 48.0 Å². The van der Waals surface area contributed by atoms with Gasteiger partial charge in [-0.25, -0.2) is 0 Å². The molecule has 3 unspecified atom stereocenters. The van der Waals surface area contributed by atoms with Crippen LogP contribution >= 0.6 is 0 Å². The van der Waals surface area contributed by atoms with E-state index in [1.165, 1.54) is 5.56 Å². The van der Waals surface area contributed by atoms with Crippen LogP contribution in [0.1, 0.15) is 24.8 Å². The summed E-state index contributed by atoms with van der Waals surface area (Å²) in [5.74, 6) is 2.39. The average Bonchev–Trinajstić information content (AvgIpc) is 2.82. The van der Waals surface area contributed by atoms with Crippen LogP contribution in [0.2, 0.25) is 0 Å². The maximum Gasteiger partial charge on any atom is 0.214 e. The number of fused-ring (bicyclic) bond motifs is 1. The zero-order chi connectivity index (χ0) is 21.1. The highest BCUT2D eigenvalue weighted by Crippen LogP contribution is 2.46. The van der Waals surface area contributed by atoms with E-state index in [0.717, 1.165) is 55.3 Å². The minimum absolute atomic E-state index is 0.321. The fourth-order valence-electron chi connectivity index (χ4n) is 5.14. The number of nitrogens with zero attached hydrogens (tertiary/aromatic N) is 2. The van der Waals surface area contributed by atoms with E-state index in [2.05, 4.69) is 35.3 Å². The lowest BCUT2D eigenvalue weighted by molar-refractivity contribution is -0.107. The van der Waals surface area contributed by atoms with Crippen LogP contribution in [0.3, 0.4) is 0 Å². The summed E-state index contributed by atoms with van der Waals surface area (Å²) >= 11 is 0. The quantitative estimate of drug-likeness (QED) is 0.742. The molecule has 2 aromatic carbocycles. The number of ether oxygens (including phenoxy) is 2. The maximum absolute atomic E-state index is 11.7. The van der Waals surface area contributed by atoms with Crippen molar-refractivity contribution in [3.63, 3.8) is 0 Å². The molecule has 4 rings (SSSR count). The molecular weight excluding hydrogens is 378 g/mol. The lowest BCUT2D eigenvalue weighted by Gasteiger charge is -2.46. The molecule has 0 aromatic heterocycles. The van der Waals surface area contributed by atoms with Crippen LogP contribution in [0, 0.1) is 5.92 Å². The van der Waals surface area contributed by atoms with E-state index in [0.29, 0.717) is 24.4 Å². The Bertz CT molecular complexity index is 888. The Hall–Kier alpha value is -2.73. The second-order valence-electron chi connectivity index (χ2n) is 8.09. The Morgan fingerprint density at radius 3 is 2.60 bits per heavy atom. The van der Waals surface area contributed by atoms with Gasteiger partial charge in [0.15, 0.2) is 0 Å². The Labute approximate surface area is 178 Å². The molecule has 0 radical (unpaired) electrons. The van der Waals surface area contributed by atoms with Crippen molar-refractivity contribution >= 4 is 17.8 Å². The molecular formula is C24H31N3O3. The second kappa shape index (κ2) is 8.96. The molecule has 1 amide bonds. The normalized spacial score (nSPS) is 22.2. The van der Waals surface area contributed by atoms with Crippen LogP contribution in [-0.2, 0) is 4.79 Å². The number of benzene rings is 2. The molecule has 3 atom stereocenters. The van der Waals surface area contributed by atoms with Gasteiger partial charge in [0.1, 0.15) is 11.5 Å². The van der Waals surface area contributed by atoms with Crippen LogP contribution in [0.4, 0.5) is 11.4 Å². The lowest BCUT2D eigenvalue weighted by atomic mass is 9.76. The van der Waals surface area contributed by atoms with Crippen molar-refractivity contribution in [2.24, 2.45) is 5.92 Å². The third-order valence-electron chi connectivity index (χ3n) is 6.66. The fourth-order valence-corrected chi connectivity index (χ4v) is 5.14. The number of hydrogen-bond acceptors (Lipinski definition) is 5. The first kappa shape index (κ1) is 20.5. The molecule has 0 aliphatic carbocycles.